The molecule has 0 aliphatic carbocycles. The van der Waals surface area contributed by atoms with Crippen molar-refractivity contribution in [2.75, 3.05) is 16.9 Å². The third kappa shape index (κ3) is 4.09. The van der Waals surface area contributed by atoms with Crippen LogP contribution in [0.4, 0.5) is 17.2 Å². The number of pyridine rings is 1. The zero-order chi connectivity index (χ0) is 20.4. The molecule has 3 N–H and O–H groups in total. The van der Waals surface area contributed by atoms with Gasteiger partial charge in [0.15, 0.2) is 15.7 Å². The molecular formula is C20H17N5O3S. The Labute approximate surface area is 166 Å². The van der Waals surface area contributed by atoms with Gasteiger partial charge in [0.05, 0.1) is 22.3 Å². The number of carbonyl (C=O) groups excluding carboxylic acids is 1. The lowest BCUT2D eigenvalue weighted by molar-refractivity contribution is 0.102. The molecule has 0 unspecified atom stereocenters. The highest BCUT2D eigenvalue weighted by atomic mass is 32.2. The number of benzene rings is 2. The average Bonchev–Trinajstić information content (AvgIpc) is 3.17. The first kappa shape index (κ1) is 18.6. The monoisotopic (exact) mass is 407 g/mol. The molecule has 29 heavy (non-hydrogen) atoms. The van der Waals surface area contributed by atoms with E-state index >= 15 is 0 Å². The summed E-state index contributed by atoms with van der Waals surface area (Å²) in [6.45, 7) is 0. The number of amides is 1. The quantitative estimate of drug-likeness (QED) is 0.467. The molecule has 146 valence electrons. The molecule has 0 aliphatic rings. The Morgan fingerprint density at radius 1 is 1.07 bits per heavy atom. The van der Waals surface area contributed by atoms with Crippen molar-refractivity contribution in [3.8, 4) is 0 Å². The summed E-state index contributed by atoms with van der Waals surface area (Å²) in [6, 6.07) is 14.9. The van der Waals surface area contributed by atoms with Gasteiger partial charge in [-0.1, -0.05) is 0 Å². The van der Waals surface area contributed by atoms with Gasteiger partial charge >= 0.3 is 0 Å². The molecule has 9 heteroatoms. The molecule has 0 aliphatic heterocycles. The number of rotatable bonds is 5. The summed E-state index contributed by atoms with van der Waals surface area (Å²) < 4.78 is 23.1. The number of H-pyrrole nitrogens is 1. The first-order valence-corrected chi connectivity index (χ1v) is 10.6. The number of nitrogens with zero attached hydrogens (tertiary/aromatic N) is 2. The second-order valence-corrected chi connectivity index (χ2v) is 8.46. The fourth-order valence-electron chi connectivity index (χ4n) is 2.81. The Hall–Kier alpha value is -3.72. The minimum Gasteiger partial charge on any atom is -0.338 e. The van der Waals surface area contributed by atoms with Gasteiger partial charge in [0.1, 0.15) is 0 Å². The van der Waals surface area contributed by atoms with E-state index in [2.05, 4.69) is 25.8 Å². The number of sulfone groups is 1. The normalized spacial score (nSPS) is 11.3. The predicted octanol–water partition coefficient (Wildman–Crippen LogP) is 3.36. The summed E-state index contributed by atoms with van der Waals surface area (Å²) >= 11 is 0. The van der Waals surface area contributed by atoms with Gasteiger partial charge in [-0.25, -0.2) is 13.4 Å². The molecule has 0 saturated heterocycles. The molecule has 4 aromatic rings. The van der Waals surface area contributed by atoms with Gasteiger partial charge in [-0.05, 0) is 54.6 Å². The number of aromatic nitrogens is 3. The number of aromatic amines is 1. The van der Waals surface area contributed by atoms with Gasteiger partial charge in [-0.15, -0.1) is 0 Å². The van der Waals surface area contributed by atoms with Gasteiger partial charge < -0.3 is 10.6 Å². The van der Waals surface area contributed by atoms with Crippen LogP contribution in [0, 0.1) is 0 Å². The molecule has 0 bridgehead atoms. The average molecular weight is 407 g/mol. The SMILES string of the molecule is CS(=O)(=O)c1ccc(C(=O)Nc2cccnc2Nc2ccc3cn[nH]c3c2)cc1. The number of fused-ring (bicyclic) bond motifs is 1. The summed E-state index contributed by atoms with van der Waals surface area (Å²) in [5.41, 5.74) is 2.50. The molecule has 1 amide bonds. The van der Waals surface area contributed by atoms with Crippen molar-refractivity contribution in [2.24, 2.45) is 0 Å². The van der Waals surface area contributed by atoms with Crippen LogP contribution in [0.1, 0.15) is 10.4 Å². The van der Waals surface area contributed by atoms with E-state index in [0.717, 1.165) is 22.8 Å². The standard InChI is InChI=1S/C20H17N5O3S/c1-29(27,28)16-8-5-13(6-9-16)20(26)24-17-3-2-10-21-19(17)23-15-7-4-14-12-22-25-18(14)11-15/h2-12H,1H3,(H,21,23)(H,22,25)(H,24,26). The first-order chi connectivity index (χ1) is 13.9. The van der Waals surface area contributed by atoms with E-state index in [-0.39, 0.29) is 10.8 Å². The topological polar surface area (TPSA) is 117 Å². The van der Waals surface area contributed by atoms with Gasteiger partial charge in [-0.3, -0.25) is 9.89 Å². The highest BCUT2D eigenvalue weighted by Crippen LogP contribution is 2.25. The minimum atomic E-state index is -3.32. The van der Waals surface area contributed by atoms with Crippen molar-refractivity contribution in [1.29, 1.82) is 0 Å². The Morgan fingerprint density at radius 3 is 2.62 bits per heavy atom. The second-order valence-electron chi connectivity index (χ2n) is 6.45. The van der Waals surface area contributed by atoms with Crippen LogP contribution >= 0.6 is 0 Å². The van der Waals surface area contributed by atoms with Crippen molar-refractivity contribution in [3.63, 3.8) is 0 Å². The lowest BCUT2D eigenvalue weighted by Gasteiger charge is -2.12. The maximum Gasteiger partial charge on any atom is 0.255 e. The molecule has 2 aromatic heterocycles. The largest absolute Gasteiger partial charge is 0.338 e. The summed E-state index contributed by atoms with van der Waals surface area (Å²) in [7, 11) is -3.32. The summed E-state index contributed by atoms with van der Waals surface area (Å²) in [5, 5.41) is 13.9. The lowest BCUT2D eigenvalue weighted by Crippen LogP contribution is -2.13. The number of hydrogen-bond donors (Lipinski definition) is 3. The van der Waals surface area contributed by atoms with Crippen molar-refractivity contribution in [1.82, 2.24) is 15.2 Å². The van der Waals surface area contributed by atoms with E-state index < -0.39 is 9.84 Å². The van der Waals surface area contributed by atoms with E-state index in [0.29, 0.717) is 17.1 Å². The van der Waals surface area contributed by atoms with Crippen LogP contribution in [0.25, 0.3) is 10.9 Å². The Kier molecular flexibility index (Phi) is 4.73. The molecule has 0 saturated carbocycles. The van der Waals surface area contributed by atoms with Crippen molar-refractivity contribution < 1.29 is 13.2 Å². The van der Waals surface area contributed by atoms with Gasteiger partial charge in [-0.2, -0.15) is 5.10 Å². The number of anilines is 3. The van der Waals surface area contributed by atoms with Crippen LogP contribution in [0.3, 0.4) is 0 Å². The van der Waals surface area contributed by atoms with E-state index in [1.54, 1.807) is 24.5 Å². The maximum atomic E-state index is 12.6. The summed E-state index contributed by atoms with van der Waals surface area (Å²) in [6.07, 6.45) is 4.48. The Balaban J connectivity index is 1.55. The van der Waals surface area contributed by atoms with Gasteiger partial charge in [0, 0.05) is 29.1 Å². The first-order valence-electron chi connectivity index (χ1n) is 8.67. The zero-order valence-electron chi connectivity index (χ0n) is 15.4. The maximum absolute atomic E-state index is 12.6. The minimum absolute atomic E-state index is 0.159. The van der Waals surface area contributed by atoms with E-state index in [4.69, 9.17) is 0 Å². The van der Waals surface area contributed by atoms with Gasteiger partial charge in [0.2, 0.25) is 0 Å². The van der Waals surface area contributed by atoms with Crippen LogP contribution in [0.15, 0.2) is 71.9 Å². The Bertz CT molecular complexity index is 1300. The van der Waals surface area contributed by atoms with Crippen LogP contribution in [-0.4, -0.2) is 35.8 Å². The zero-order valence-corrected chi connectivity index (χ0v) is 16.2. The number of nitrogens with one attached hydrogen (secondary N) is 3. The molecule has 2 aromatic carbocycles. The van der Waals surface area contributed by atoms with Crippen molar-refractivity contribution in [3.05, 3.63) is 72.6 Å². The molecular weight excluding hydrogens is 390 g/mol. The second kappa shape index (κ2) is 7.36. The highest BCUT2D eigenvalue weighted by Gasteiger charge is 2.12. The molecule has 0 fully saturated rings. The molecule has 2 heterocycles. The molecule has 0 spiro atoms. The third-order valence-electron chi connectivity index (χ3n) is 4.31. The van der Waals surface area contributed by atoms with Gasteiger partial charge in [0.25, 0.3) is 5.91 Å². The lowest BCUT2D eigenvalue weighted by atomic mass is 10.2. The molecule has 4 rings (SSSR count). The van der Waals surface area contributed by atoms with E-state index in [9.17, 15) is 13.2 Å². The molecule has 8 nitrogen and oxygen atoms in total. The summed E-state index contributed by atoms with van der Waals surface area (Å²) in [5.74, 6) is 0.109. The fraction of sp³-hybridized carbons (Fsp3) is 0.0500. The highest BCUT2D eigenvalue weighted by molar-refractivity contribution is 7.90. The van der Waals surface area contributed by atoms with Crippen LogP contribution in [0.2, 0.25) is 0 Å². The molecule has 0 radical (unpaired) electrons. The smallest absolute Gasteiger partial charge is 0.255 e. The Morgan fingerprint density at radius 2 is 1.86 bits per heavy atom. The number of hydrogen-bond acceptors (Lipinski definition) is 6. The van der Waals surface area contributed by atoms with E-state index in [1.165, 1.54) is 24.3 Å². The fourth-order valence-corrected chi connectivity index (χ4v) is 3.44. The number of carbonyl (C=O) groups is 1. The third-order valence-corrected chi connectivity index (χ3v) is 5.43. The predicted molar refractivity (Wildman–Crippen MR) is 111 cm³/mol. The van der Waals surface area contributed by atoms with Crippen molar-refractivity contribution >= 4 is 43.8 Å². The van der Waals surface area contributed by atoms with E-state index in [1.807, 2.05) is 18.2 Å². The molecule has 0 atom stereocenters. The summed E-state index contributed by atoms with van der Waals surface area (Å²) in [4.78, 5) is 17.1. The van der Waals surface area contributed by atoms with Crippen LogP contribution in [0.5, 0.6) is 0 Å². The van der Waals surface area contributed by atoms with Crippen LogP contribution < -0.4 is 10.6 Å². The van der Waals surface area contributed by atoms with Crippen LogP contribution in [-0.2, 0) is 9.84 Å². The van der Waals surface area contributed by atoms with Crippen molar-refractivity contribution in [2.45, 2.75) is 4.90 Å².